The number of hydrogen-bond acceptors (Lipinski definition) is 2. The quantitative estimate of drug-likeness (QED) is 0.859. The van der Waals surface area contributed by atoms with Crippen molar-refractivity contribution in [3.8, 4) is 0 Å². The summed E-state index contributed by atoms with van der Waals surface area (Å²) in [6.07, 6.45) is 5.43. The lowest BCUT2D eigenvalue weighted by atomic mass is 10.1. The van der Waals surface area contributed by atoms with Crippen LogP contribution in [-0.4, -0.2) is 14.7 Å². The van der Waals surface area contributed by atoms with Gasteiger partial charge in [0.15, 0.2) is 0 Å². The van der Waals surface area contributed by atoms with E-state index in [4.69, 9.17) is 5.11 Å². The molecule has 0 bridgehead atoms. The van der Waals surface area contributed by atoms with Crippen LogP contribution >= 0.6 is 0 Å². The second-order valence-corrected chi connectivity index (χ2v) is 3.16. The van der Waals surface area contributed by atoms with Gasteiger partial charge in [-0.25, -0.2) is 4.98 Å². The van der Waals surface area contributed by atoms with E-state index < -0.39 is 0 Å². The van der Waals surface area contributed by atoms with E-state index in [0.717, 1.165) is 17.7 Å². The van der Waals surface area contributed by atoms with Gasteiger partial charge in [-0.2, -0.15) is 0 Å². The number of rotatable bonds is 3. The molecule has 1 aromatic heterocycles. The zero-order chi connectivity index (χ0) is 11.8. The van der Waals surface area contributed by atoms with Crippen LogP contribution in [0.5, 0.6) is 0 Å². The average molecular weight is 218 g/mol. The van der Waals surface area contributed by atoms with E-state index in [2.05, 4.69) is 4.98 Å². The first-order chi connectivity index (χ1) is 7.90. The fourth-order valence-corrected chi connectivity index (χ4v) is 1.44. The van der Waals surface area contributed by atoms with Gasteiger partial charge in [-0.15, -0.1) is 0 Å². The van der Waals surface area contributed by atoms with E-state index in [1.807, 2.05) is 48.9 Å². The van der Waals surface area contributed by atoms with Gasteiger partial charge in [-0.05, 0) is 11.1 Å². The summed E-state index contributed by atoms with van der Waals surface area (Å²) in [6, 6.07) is 7.87. The predicted octanol–water partition coefficient (Wildman–Crippen LogP) is 2.45. The lowest BCUT2D eigenvalue weighted by molar-refractivity contribution is 0.280. The average Bonchev–Trinajstić information content (AvgIpc) is 2.85. The molecule has 2 rings (SSSR count). The van der Waals surface area contributed by atoms with Crippen molar-refractivity contribution in [3.05, 3.63) is 54.1 Å². The van der Waals surface area contributed by atoms with E-state index in [1.54, 1.807) is 12.5 Å². The second-order valence-electron chi connectivity index (χ2n) is 3.16. The van der Waals surface area contributed by atoms with Gasteiger partial charge >= 0.3 is 0 Å². The Balaban J connectivity index is 0.000000606. The van der Waals surface area contributed by atoms with E-state index in [9.17, 15) is 0 Å². The van der Waals surface area contributed by atoms with Crippen molar-refractivity contribution in [3.63, 3.8) is 0 Å². The molecule has 0 saturated heterocycles. The van der Waals surface area contributed by atoms with E-state index in [1.165, 1.54) is 0 Å². The van der Waals surface area contributed by atoms with Gasteiger partial charge in [0.25, 0.3) is 0 Å². The van der Waals surface area contributed by atoms with Gasteiger partial charge in [0.2, 0.25) is 0 Å². The van der Waals surface area contributed by atoms with Crippen molar-refractivity contribution in [1.82, 2.24) is 9.55 Å². The normalized spacial score (nSPS) is 9.44. The maximum Gasteiger partial charge on any atom is 0.0949 e. The van der Waals surface area contributed by atoms with Crippen LogP contribution in [0.2, 0.25) is 0 Å². The molecule has 0 saturated carbocycles. The van der Waals surface area contributed by atoms with Crippen molar-refractivity contribution in [2.45, 2.75) is 27.0 Å². The monoisotopic (exact) mass is 218 g/mol. The molecular formula is C13H18N2O. The molecule has 3 nitrogen and oxygen atoms in total. The van der Waals surface area contributed by atoms with Crippen LogP contribution in [0.25, 0.3) is 0 Å². The molecule has 1 heterocycles. The highest BCUT2D eigenvalue weighted by Crippen LogP contribution is 2.10. The molecule has 2 aromatic rings. The van der Waals surface area contributed by atoms with Crippen LogP contribution in [0, 0.1) is 0 Å². The van der Waals surface area contributed by atoms with Crippen molar-refractivity contribution in [2.75, 3.05) is 0 Å². The summed E-state index contributed by atoms with van der Waals surface area (Å²) in [5, 5.41) is 9.12. The van der Waals surface area contributed by atoms with Gasteiger partial charge in [0.05, 0.1) is 12.9 Å². The van der Waals surface area contributed by atoms with Crippen LogP contribution in [0.3, 0.4) is 0 Å². The molecule has 3 heteroatoms. The fraction of sp³-hybridized carbons (Fsp3) is 0.308. The highest BCUT2D eigenvalue weighted by Gasteiger charge is 2.00. The van der Waals surface area contributed by atoms with Crippen LogP contribution in [-0.2, 0) is 13.2 Å². The minimum Gasteiger partial charge on any atom is -0.392 e. The molecule has 86 valence electrons. The summed E-state index contributed by atoms with van der Waals surface area (Å²) in [5.41, 5.74) is 2.11. The summed E-state index contributed by atoms with van der Waals surface area (Å²) in [5.74, 6) is 0. The summed E-state index contributed by atoms with van der Waals surface area (Å²) in [6.45, 7) is 4.85. The number of aliphatic hydroxyl groups is 1. The number of aliphatic hydroxyl groups excluding tert-OH is 1. The maximum atomic E-state index is 9.12. The SMILES string of the molecule is CC.OCc1ccccc1Cn1ccnc1. The predicted molar refractivity (Wildman–Crippen MR) is 65.0 cm³/mol. The molecule has 0 aliphatic rings. The lowest BCUT2D eigenvalue weighted by Gasteiger charge is -2.07. The Bertz CT molecular complexity index is 396. The van der Waals surface area contributed by atoms with Crippen LogP contribution < -0.4 is 0 Å². The third-order valence-corrected chi connectivity index (χ3v) is 2.20. The molecular weight excluding hydrogens is 200 g/mol. The molecule has 0 aliphatic heterocycles. The third kappa shape index (κ3) is 3.21. The fourth-order valence-electron chi connectivity index (χ4n) is 1.44. The van der Waals surface area contributed by atoms with E-state index in [0.29, 0.717) is 0 Å². The number of hydrogen-bond donors (Lipinski definition) is 1. The summed E-state index contributed by atoms with van der Waals surface area (Å²) >= 11 is 0. The van der Waals surface area contributed by atoms with Gasteiger partial charge in [-0.3, -0.25) is 0 Å². The van der Waals surface area contributed by atoms with E-state index >= 15 is 0 Å². The Hall–Kier alpha value is -1.61. The molecule has 0 radical (unpaired) electrons. The highest BCUT2D eigenvalue weighted by molar-refractivity contribution is 5.26. The van der Waals surface area contributed by atoms with Crippen LogP contribution in [0.15, 0.2) is 43.0 Å². The Morgan fingerprint density at radius 1 is 1.19 bits per heavy atom. The summed E-state index contributed by atoms with van der Waals surface area (Å²) in [4.78, 5) is 3.97. The number of imidazole rings is 1. The Labute approximate surface area is 96.4 Å². The molecule has 16 heavy (non-hydrogen) atoms. The zero-order valence-electron chi connectivity index (χ0n) is 9.80. The first-order valence-corrected chi connectivity index (χ1v) is 5.53. The Kier molecular flexibility index (Phi) is 5.29. The van der Waals surface area contributed by atoms with Crippen LogP contribution in [0.1, 0.15) is 25.0 Å². The minimum atomic E-state index is 0.0882. The number of nitrogens with zero attached hydrogens (tertiary/aromatic N) is 2. The Morgan fingerprint density at radius 2 is 1.88 bits per heavy atom. The second kappa shape index (κ2) is 6.80. The molecule has 0 spiro atoms. The van der Waals surface area contributed by atoms with Gasteiger partial charge in [0.1, 0.15) is 0 Å². The largest absolute Gasteiger partial charge is 0.392 e. The summed E-state index contributed by atoms with van der Waals surface area (Å²) in [7, 11) is 0. The van der Waals surface area contributed by atoms with Crippen molar-refractivity contribution >= 4 is 0 Å². The standard InChI is InChI=1S/C11H12N2O.C2H6/c14-8-11-4-2-1-3-10(11)7-13-6-5-12-9-13;1-2/h1-6,9,14H,7-8H2;1-2H3. The molecule has 0 atom stereocenters. The topological polar surface area (TPSA) is 38.0 Å². The highest BCUT2D eigenvalue weighted by atomic mass is 16.3. The van der Waals surface area contributed by atoms with Gasteiger partial charge in [0, 0.05) is 18.9 Å². The number of benzene rings is 1. The van der Waals surface area contributed by atoms with Crippen molar-refractivity contribution in [1.29, 1.82) is 0 Å². The maximum absolute atomic E-state index is 9.12. The third-order valence-electron chi connectivity index (χ3n) is 2.20. The van der Waals surface area contributed by atoms with E-state index in [-0.39, 0.29) is 6.61 Å². The molecule has 0 unspecified atom stereocenters. The molecule has 1 N–H and O–H groups in total. The van der Waals surface area contributed by atoms with Gasteiger partial charge in [-0.1, -0.05) is 38.1 Å². The molecule has 1 aromatic carbocycles. The summed E-state index contributed by atoms with van der Waals surface area (Å²) < 4.78 is 1.98. The lowest BCUT2D eigenvalue weighted by Crippen LogP contribution is -2.00. The first kappa shape index (κ1) is 12.5. The molecule has 0 amide bonds. The molecule has 0 aliphatic carbocycles. The zero-order valence-corrected chi connectivity index (χ0v) is 9.80. The minimum absolute atomic E-state index is 0.0882. The number of aromatic nitrogens is 2. The molecule has 0 fully saturated rings. The van der Waals surface area contributed by atoms with Crippen molar-refractivity contribution < 1.29 is 5.11 Å². The Morgan fingerprint density at radius 3 is 2.44 bits per heavy atom. The van der Waals surface area contributed by atoms with Crippen molar-refractivity contribution in [2.24, 2.45) is 0 Å². The van der Waals surface area contributed by atoms with Crippen LogP contribution in [0.4, 0.5) is 0 Å². The smallest absolute Gasteiger partial charge is 0.0949 e. The first-order valence-electron chi connectivity index (χ1n) is 5.53. The van der Waals surface area contributed by atoms with Gasteiger partial charge < -0.3 is 9.67 Å².